The molecule has 0 fully saturated rings. The predicted molar refractivity (Wildman–Crippen MR) is 115 cm³/mol. The van der Waals surface area contributed by atoms with Crippen LogP contribution in [0.15, 0.2) is 70.2 Å². The number of rotatable bonds is 6. The van der Waals surface area contributed by atoms with Crippen molar-refractivity contribution in [1.29, 1.82) is 0 Å². The van der Waals surface area contributed by atoms with Gasteiger partial charge in [0.1, 0.15) is 5.76 Å². The van der Waals surface area contributed by atoms with E-state index in [-0.39, 0.29) is 10.6 Å². The van der Waals surface area contributed by atoms with Crippen molar-refractivity contribution in [2.24, 2.45) is 0 Å². The highest BCUT2D eigenvalue weighted by atomic mass is 35.5. The van der Waals surface area contributed by atoms with Crippen LogP contribution in [0.3, 0.4) is 0 Å². The van der Waals surface area contributed by atoms with Crippen molar-refractivity contribution in [2.45, 2.75) is 11.4 Å². The van der Waals surface area contributed by atoms with E-state index in [0.29, 0.717) is 27.4 Å². The molecule has 0 aliphatic heterocycles. The number of hydrogen-bond donors (Lipinski definition) is 3. The maximum absolute atomic E-state index is 12.5. The van der Waals surface area contributed by atoms with Crippen molar-refractivity contribution in [3.63, 3.8) is 0 Å². The summed E-state index contributed by atoms with van der Waals surface area (Å²) in [5.41, 5.74) is 0.921. The number of sulfonamides is 1. The lowest BCUT2D eigenvalue weighted by Crippen LogP contribution is -2.27. The molecular weight excluding hydrogens is 441 g/mol. The Kier molecular flexibility index (Phi) is 6.46. The maximum Gasteiger partial charge on any atom is 0.261 e. The van der Waals surface area contributed by atoms with Crippen molar-refractivity contribution < 1.29 is 12.8 Å². The Morgan fingerprint density at radius 1 is 1.00 bits per heavy atom. The molecule has 0 aliphatic rings. The van der Waals surface area contributed by atoms with Crippen molar-refractivity contribution >= 4 is 61.9 Å². The van der Waals surface area contributed by atoms with E-state index < -0.39 is 10.0 Å². The lowest BCUT2D eigenvalue weighted by Gasteiger charge is -2.11. The molecule has 0 unspecified atom stereocenters. The van der Waals surface area contributed by atoms with Crippen LogP contribution < -0.4 is 15.4 Å². The van der Waals surface area contributed by atoms with Gasteiger partial charge in [-0.15, -0.1) is 0 Å². The number of anilines is 2. The summed E-state index contributed by atoms with van der Waals surface area (Å²) in [6, 6.07) is 14.2. The second kappa shape index (κ2) is 8.83. The smallest absolute Gasteiger partial charge is 0.261 e. The Hall–Kier alpha value is -2.26. The second-order valence-electron chi connectivity index (χ2n) is 5.68. The molecule has 3 rings (SSSR count). The van der Waals surface area contributed by atoms with Crippen LogP contribution in [0.4, 0.5) is 11.4 Å². The summed E-state index contributed by atoms with van der Waals surface area (Å²) >= 11 is 17.0. The number of thiocarbonyl (C=S) groups is 1. The molecule has 1 aromatic heterocycles. The van der Waals surface area contributed by atoms with Gasteiger partial charge < -0.3 is 15.1 Å². The largest absolute Gasteiger partial charge is 0.467 e. The van der Waals surface area contributed by atoms with Gasteiger partial charge in [-0.1, -0.05) is 23.2 Å². The van der Waals surface area contributed by atoms with E-state index >= 15 is 0 Å². The summed E-state index contributed by atoms with van der Waals surface area (Å²) in [4.78, 5) is 0.0867. The van der Waals surface area contributed by atoms with Crippen LogP contribution in [0.1, 0.15) is 5.76 Å². The molecule has 2 aromatic carbocycles. The highest BCUT2D eigenvalue weighted by Gasteiger charge is 2.15. The van der Waals surface area contributed by atoms with Crippen molar-refractivity contribution in [3.8, 4) is 0 Å². The molecule has 0 radical (unpaired) electrons. The van der Waals surface area contributed by atoms with Crippen molar-refractivity contribution in [2.75, 3.05) is 10.0 Å². The number of hydrogen-bond acceptors (Lipinski definition) is 4. The van der Waals surface area contributed by atoms with Crippen LogP contribution >= 0.6 is 35.4 Å². The number of benzene rings is 2. The van der Waals surface area contributed by atoms with Gasteiger partial charge in [0, 0.05) is 15.7 Å². The molecule has 28 heavy (non-hydrogen) atoms. The van der Waals surface area contributed by atoms with E-state index in [0.717, 1.165) is 5.76 Å². The standard InChI is InChI=1S/C18H15Cl2N3O3S2/c19-12-8-13(20)10-15(9-12)23-28(24,25)17-5-3-14(4-6-17)22-18(27)21-11-16-2-1-7-26-16/h1-10,23H,11H2,(H2,21,22,27). The molecule has 146 valence electrons. The topological polar surface area (TPSA) is 83.4 Å². The first kappa shape index (κ1) is 20.5. The molecule has 6 nitrogen and oxygen atoms in total. The molecule has 0 atom stereocenters. The average Bonchev–Trinajstić information content (AvgIpc) is 3.13. The Balaban J connectivity index is 1.63. The fourth-order valence-corrected chi connectivity index (χ4v) is 4.06. The van der Waals surface area contributed by atoms with Gasteiger partial charge in [0.15, 0.2) is 5.11 Å². The fraction of sp³-hybridized carbons (Fsp3) is 0.0556. The second-order valence-corrected chi connectivity index (χ2v) is 8.64. The minimum Gasteiger partial charge on any atom is -0.467 e. The van der Waals surface area contributed by atoms with Gasteiger partial charge in [0.2, 0.25) is 0 Å². The quantitative estimate of drug-likeness (QED) is 0.459. The molecule has 0 bridgehead atoms. The molecular formula is C18H15Cl2N3O3S2. The maximum atomic E-state index is 12.5. The minimum absolute atomic E-state index is 0.0867. The predicted octanol–water partition coefficient (Wildman–Crippen LogP) is 4.87. The highest BCUT2D eigenvalue weighted by Crippen LogP contribution is 2.25. The van der Waals surface area contributed by atoms with Crippen LogP contribution in [-0.2, 0) is 16.6 Å². The Morgan fingerprint density at radius 2 is 1.68 bits per heavy atom. The summed E-state index contributed by atoms with van der Waals surface area (Å²) in [6.45, 7) is 0.442. The van der Waals surface area contributed by atoms with Crippen LogP contribution in [0.2, 0.25) is 10.0 Å². The summed E-state index contributed by atoms with van der Waals surface area (Å²) in [5.74, 6) is 0.748. The summed E-state index contributed by atoms with van der Waals surface area (Å²) < 4.78 is 32.7. The number of halogens is 2. The average molecular weight is 456 g/mol. The van der Waals surface area contributed by atoms with Gasteiger partial charge in [-0.3, -0.25) is 4.72 Å². The van der Waals surface area contributed by atoms with E-state index in [2.05, 4.69) is 15.4 Å². The van der Waals surface area contributed by atoms with Crippen molar-refractivity contribution in [3.05, 3.63) is 76.7 Å². The van der Waals surface area contributed by atoms with E-state index in [1.54, 1.807) is 24.5 Å². The van der Waals surface area contributed by atoms with Crippen LogP contribution in [-0.4, -0.2) is 13.5 Å². The molecule has 0 saturated heterocycles. The van der Waals surface area contributed by atoms with E-state index in [9.17, 15) is 8.42 Å². The first-order valence-corrected chi connectivity index (χ1v) is 10.6. The van der Waals surface area contributed by atoms with Gasteiger partial charge in [-0.05, 0) is 66.8 Å². The molecule has 1 heterocycles. The molecule has 0 saturated carbocycles. The van der Waals surface area contributed by atoms with Crippen LogP contribution in [0.25, 0.3) is 0 Å². The summed E-state index contributed by atoms with van der Waals surface area (Å²) in [6.07, 6.45) is 1.58. The first-order valence-electron chi connectivity index (χ1n) is 7.98. The zero-order valence-electron chi connectivity index (χ0n) is 14.3. The highest BCUT2D eigenvalue weighted by molar-refractivity contribution is 7.92. The minimum atomic E-state index is -3.79. The lowest BCUT2D eigenvalue weighted by atomic mass is 10.3. The third-order valence-corrected chi connectivity index (χ3v) is 5.62. The Bertz CT molecular complexity index is 1050. The normalized spacial score (nSPS) is 11.1. The van der Waals surface area contributed by atoms with E-state index in [1.807, 2.05) is 6.07 Å². The monoisotopic (exact) mass is 455 g/mol. The van der Waals surface area contributed by atoms with E-state index in [1.165, 1.54) is 30.3 Å². The Morgan fingerprint density at radius 3 is 2.29 bits per heavy atom. The van der Waals surface area contributed by atoms with Gasteiger partial charge in [0.05, 0.1) is 23.4 Å². The lowest BCUT2D eigenvalue weighted by molar-refractivity contribution is 0.503. The molecule has 0 aliphatic carbocycles. The third-order valence-electron chi connectivity index (χ3n) is 3.54. The van der Waals surface area contributed by atoms with E-state index in [4.69, 9.17) is 39.8 Å². The third kappa shape index (κ3) is 5.62. The molecule has 0 amide bonds. The van der Waals surface area contributed by atoms with Gasteiger partial charge in [0.25, 0.3) is 10.0 Å². The van der Waals surface area contributed by atoms with Gasteiger partial charge in [-0.25, -0.2) is 8.42 Å². The number of nitrogens with one attached hydrogen (secondary N) is 3. The molecule has 0 spiro atoms. The molecule has 3 N–H and O–H groups in total. The zero-order chi connectivity index (χ0) is 20.1. The summed E-state index contributed by atoms with van der Waals surface area (Å²) in [7, 11) is -3.79. The van der Waals surface area contributed by atoms with Gasteiger partial charge in [-0.2, -0.15) is 0 Å². The zero-order valence-corrected chi connectivity index (χ0v) is 17.4. The van der Waals surface area contributed by atoms with Crippen LogP contribution in [0, 0.1) is 0 Å². The fourth-order valence-electron chi connectivity index (χ4n) is 2.30. The van der Waals surface area contributed by atoms with Crippen molar-refractivity contribution in [1.82, 2.24) is 5.32 Å². The molecule has 10 heteroatoms. The number of furan rings is 1. The Labute approximate surface area is 177 Å². The van der Waals surface area contributed by atoms with Gasteiger partial charge >= 0.3 is 0 Å². The molecule has 3 aromatic rings. The van der Waals surface area contributed by atoms with Crippen LogP contribution in [0.5, 0.6) is 0 Å². The SMILES string of the molecule is O=S(=O)(Nc1cc(Cl)cc(Cl)c1)c1ccc(NC(=S)NCc2ccco2)cc1. The summed E-state index contributed by atoms with van der Waals surface area (Å²) in [5, 5.41) is 7.02. The first-order chi connectivity index (χ1) is 13.3.